The monoisotopic (exact) mass is 289 g/mol. The van der Waals surface area contributed by atoms with Gasteiger partial charge in [-0.25, -0.2) is 8.42 Å². The van der Waals surface area contributed by atoms with Crippen LogP contribution in [0.1, 0.15) is 24.2 Å². The number of nitrogens with one attached hydrogen (secondary N) is 1. The quantitative estimate of drug-likeness (QED) is 0.916. The van der Waals surface area contributed by atoms with E-state index in [2.05, 4.69) is 16.5 Å². The summed E-state index contributed by atoms with van der Waals surface area (Å²) in [7, 11) is -3.38. The zero-order valence-corrected chi connectivity index (χ0v) is 12.6. The maximum atomic E-state index is 12.5. The number of piperidine rings is 1. The van der Waals surface area contributed by atoms with E-state index in [9.17, 15) is 8.42 Å². The molecular weight excluding hydrogens is 270 g/mol. The molecule has 1 saturated heterocycles. The van der Waals surface area contributed by atoms with Crippen LogP contribution >= 0.6 is 11.8 Å². The Bertz CT molecular complexity index is 497. The molecule has 0 aromatic carbocycles. The first-order valence-electron chi connectivity index (χ1n) is 6.01. The molecule has 0 unspecified atom stereocenters. The summed E-state index contributed by atoms with van der Waals surface area (Å²) < 4.78 is 26.7. The van der Waals surface area contributed by atoms with Crippen LogP contribution in [-0.2, 0) is 10.0 Å². The van der Waals surface area contributed by atoms with Crippen LogP contribution in [0.2, 0.25) is 0 Å². The van der Waals surface area contributed by atoms with E-state index in [0.29, 0.717) is 34.6 Å². The van der Waals surface area contributed by atoms with Crippen molar-refractivity contribution in [1.29, 1.82) is 0 Å². The van der Waals surface area contributed by atoms with Gasteiger partial charge in [0.2, 0.25) is 10.0 Å². The van der Waals surface area contributed by atoms with Crippen molar-refractivity contribution in [3.05, 3.63) is 11.4 Å². The molecule has 7 heteroatoms. The minimum Gasteiger partial charge on any atom is -0.281 e. The van der Waals surface area contributed by atoms with Gasteiger partial charge in [0.05, 0.1) is 11.4 Å². The van der Waals surface area contributed by atoms with Gasteiger partial charge in [0.1, 0.15) is 4.90 Å². The van der Waals surface area contributed by atoms with E-state index < -0.39 is 10.0 Å². The van der Waals surface area contributed by atoms with Crippen LogP contribution in [0, 0.1) is 13.8 Å². The van der Waals surface area contributed by atoms with E-state index in [1.54, 1.807) is 18.2 Å². The Labute approximate surface area is 112 Å². The van der Waals surface area contributed by atoms with Crippen LogP contribution in [-0.4, -0.2) is 47.5 Å². The molecule has 1 aliphatic heterocycles. The highest BCUT2D eigenvalue weighted by molar-refractivity contribution is 7.99. The fourth-order valence-corrected chi connectivity index (χ4v) is 4.84. The first-order chi connectivity index (χ1) is 8.46. The Balaban J connectivity index is 2.23. The maximum absolute atomic E-state index is 12.5. The van der Waals surface area contributed by atoms with Crippen molar-refractivity contribution < 1.29 is 8.42 Å². The highest BCUT2D eigenvalue weighted by Crippen LogP contribution is 2.27. The molecule has 0 spiro atoms. The van der Waals surface area contributed by atoms with Crippen LogP contribution in [0.25, 0.3) is 0 Å². The van der Waals surface area contributed by atoms with Crippen LogP contribution in [0.5, 0.6) is 0 Å². The minimum absolute atomic E-state index is 0.352. The highest BCUT2D eigenvalue weighted by Gasteiger charge is 2.32. The van der Waals surface area contributed by atoms with E-state index in [1.165, 1.54) is 0 Å². The molecule has 1 aromatic rings. The molecule has 0 radical (unpaired) electrons. The third-order valence-electron chi connectivity index (χ3n) is 3.39. The Morgan fingerprint density at radius 1 is 1.33 bits per heavy atom. The van der Waals surface area contributed by atoms with Crippen molar-refractivity contribution in [2.45, 2.75) is 36.8 Å². The Morgan fingerprint density at radius 2 is 1.94 bits per heavy atom. The molecule has 1 fully saturated rings. The van der Waals surface area contributed by atoms with Gasteiger partial charge in [-0.1, -0.05) is 0 Å². The molecule has 0 bridgehead atoms. The smallest absolute Gasteiger partial charge is 0.246 e. The summed E-state index contributed by atoms with van der Waals surface area (Å²) in [5, 5.41) is 7.30. The Morgan fingerprint density at radius 3 is 2.39 bits per heavy atom. The molecule has 2 heterocycles. The second-order valence-corrected chi connectivity index (χ2v) is 7.62. The number of hydrogen-bond acceptors (Lipinski definition) is 4. The predicted octanol–water partition coefficient (Wildman–Crippen LogP) is 1.54. The summed E-state index contributed by atoms with van der Waals surface area (Å²) >= 11 is 1.82. The zero-order valence-electron chi connectivity index (χ0n) is 10.9. The van der Waals surface area contributed by atoms with Crippen LogP contribution in [0.3, 0.4) is 0 Å². The third-order valence-corrected chi connectivity index (χ3v) is 6.69. The second-order valence-electron chi connectivity index (χ2n) is 4.60. The summed E-state index contributed by atoms with van der Waals surface area (Å²) in [6.07, 6.45) is 3.94. The van der Waals surface area contributed by atoms with E-state index in [4.69, 9.17) is 0 Å². The van der Waals surface area contributed by atoms with Crippen molar-refractivity contribution in [1.82, 2.24) is 14.5 Å². The Hall–Kier alpha value is -0.530. The number of nitrogens with zero attached hydrogens (tertiary/aromatic N) is 2. The van der Waals surface area contributed by atoms with Crippen molar-refractivity contribution >= 4 is 21.8 Å². The van der Waals surface area contributed by atoms with Gasteiger partial charge >= 0.3 is 0 Å². The number of rotatable bonds is 3. The molecule has 1 aromatic heterocycles. The first kappa shape index (κ1) is 13.9. The summed E-state index contributed by atoms with van der Waals surface area (Å²) in [6, 6.07) is 0. The van der Waals surface area contributed by atoms with Crippen molar-refractivity contribution in [3.63, 3.8) is 0 Å². The summed E-state index contributed by atoms with van der Waals surface area (Å²) in [6.45, 7) is 4.70. The fraction of sp³-hybridized carbons (Fsp3) is 0.727. The van der Waals surface area contributed by atoms with E-state index in [-0.39, 0.29) is 0 Å². The summed E-state index contributed by atoms with van der Waals surface area (Å²) in [5.41, 5.74) is 1.18. The molecule has 0 aliphatic carbocycles. The van der Waals surface area contributed by atoms with Crippen molar-refractivity contribution in [3.8, 4) is 0 Å². The number of sulfonamides is 1. The van der Waals surface area contributed by atoms with Crippen LogP contribution < -0.4 is 0 Å². The van der Waals surface area contributed by atoms with Gasteiger partial charge in [0, 0.05) is 18.3 Å². The summed E-state index contributed by atoms with van der Waals surface area (Å²) in [4.78, 5) is 0.352. The van der Waals surface area contributed by atoms with E-state index in [1.807, 2.05) is 11.8 Å². The van der Waals surface area contributed by atoms with Gasteiger partial charge in [-0.15, -0.1) is 0 Å². The molecule has 102 valence electrons. The fourth-order valence-electron chi connectivity index (χ4n) is 2.36. The maximum Gasteiger partial charge on any atom is 0.246 e. The average Bonchev–Trinajstić information content (AvgIpc) is 2.69. The first-order valence-corrected chi connectivity index (χ1v) is 8.74. The van der Waals surface area contributed by atoms with Gasteiger partial charge in [-0.3, -0.25) is 5.10 Å². The minimum atomic E-state index is -3.38. The highest BCUT2D eigenvalue weighted by atomic mass is 32.2. The topological polar surface area (TPSA) is 66.1 Å². The molecule has 0 amide bonds. The lowest BCUT2D eigenvalue weighted by molar-refractivity contribution is 0.352. The standard InChI is InChI=1S/C11H19N3O2S2/c1-8-11(9(2)13-12-8)18(15,16)14-6-4-10(17-3)5-7-14/h10H,4-7H2,1-3H3,(H,12,13). The molecule has 2 rings (SSSR count). The van der Waals surface area contributed by atoms with E-state index >= 15 is 0 Å². The van der Waals surface area contributed by atoms with Gasteiger partial charge in [0.25, 0.3) is 0 Å². The van der Waals surface area contributed by atoms with Crippen molar-refractivity contribution in [2.24, 2.45) is 0 Å². The molecule has 1 aliphatic rings. The van der Waals surface area contributed by atoms with Gasteiger partial charge in [-0.2, -0.15) is 21.2 Å². The average molecular weight is 289 g/mol. The molecule has 5 nitrogen and oxygen atoms in total. The lowest BCUT2D eigenvalue weighted by Gasteiger charge is -2.30. The van der Waals surface area contributed by atoms with E-state index in [0.717, 1.165) is 12.8 Å². The number of H-pyrrole nitrogens is 1. The predicted molar refractivity (Wildman–Crippen MR) is 73.4 cm³/mol. The molecular formula is C11H19N3O2S2. The zero-order chi connectivity index (χ0) is 13.3. The number of thioether (sulfide) groups is 1. The largest absolute Gasteiger partial charge is 0.281 e. The second kappa shape index (κ2) is 5.22. The number of aromatic amines is 1. The molecule has 18 heavy (non-hydrogen) atoms. The number of aromatic nitrogens is 2. The Kier molecular flexibility index (Phi) is 4.03. The van der Waals surface area contributed by atoms with Gasteiger partial charge < -0.3 is 0 Å². The molecule has 0 atom stereocenters. The molecule has 1 N–H and O–H groups in total. The third kappa shape index (κ3) is 2.44. The molecule has 0 saturated carbocycles. The number of hydrogen-bond donors (Lipinski definition) is 1. The van der Waals surface area contributed by atoms with Crippen LogP contribution in [0.4, 0.5) is 0 Å². The normalized spacial score (nSPS) is 19.3. The van der Waals surface area contributed by atoms with Crippen molar-refractivity contribution in [2.75, 3.05) is 19.3 Å². The lowest BCUT2D eigenvalue weighted by Crippen LogP contribution is -2.39. The SMILES string of the molecule is CSC1CCN(S(=O)(=O)c2c(C)n[nH]c2C)CC1. The van der Waals surface area contributed by atoms with Crippen LogP contribution in [0.15, 0.2) is 4.90 Å². The van der Waals surface area contributed by atoms with Gasteiger partial charge in [-0.05, 0) is 32.9 Å². The number of aryl methyl sites for hydroxylation is 2. The van der Waals surface area contributed by atoms with Gasteiger partial charge in [0.15, 0.2) is 0 Å². The lowest BCUT2D eigenvalue weighted by atomic mass is 10.2. The summed E-state index contributed by atoms with van der Waals surface area (Å²) in [5.74, 6) is 0.